The van der Waals surface area contributed by atoms with Crippen molar-refractivity contribution in [3.8, 4) is 6.07 Å². The fourth-order valence-corrected chi connectivity index (χ4v) is 3.53. The Hall–Kier alpha value is -2.96. The van der Waals surface area contributed by atoms with Crippen LogP contribution < -0.4 is 16.0 Å². The van der Waals surface area contributed by atoms with Crippen LogP contribution in [0.4, 0.5) is 11.4 Å². The van der Waals surface area contributed by atoms with Crippen LogP contribution in [0.25, 0.3) is 0 Å². The summed E-state index contributed by atoms with van der Waals surface area (Å²) in [5.74, 6) is -1.26. The van der Waals surface area contributed by atoms with Crippen LogP contribution in [0, 0.1) is 11.3 Å². The molecule has 9 heteroatoms. The second-order valence-electron chi connectivity index (χ2n) is 8.70. The van der Waals surface area contributed by atoms with Gasteiger partial charge in [-0.05, 0) is 46.9 Å². The molecule has 2 aromatic carbocycles. The van der Waals surface area contributed by atoms with Gasteiger partial charge < -0.3 is 25.8 Å². The Morgan fingerprint density at radius 3 is 2.55 bits per heavy atom. The maximum atomic E-state index is 13.0. The molecular weight excluding hydrogens is 444 g/mol. The molecule has 1 aliphatic heterocycles. The lowest BCUT2D eigenvalue weighted by Crippen LogP contribution is -2.55. The van der Waals surface area contributed by atoms with E-state index in [4.69, 9.17) is 15.7 Å². The molecule has 0 radical (unpaired) electrons. The molecule has 33 heavy (non-hydrogen) atoms. The highest BCUT2D eigenvalue weighted by molar-refractivity contribution is 6.03. The van der Waals surface area contributed by atoms with Gasteiger partial charge in [0.1, 0.15) is 0 Å². The Kier molecular flexibility index (Phi) is 8.58. The SMILES string of the molecule is CC(C)(C)c1ccc(N2CCO[C@H](C(O)C(=O)Nc3ccc(C#N)c(CN)c3)C2=O)cc1.Cl. The molecule has 3 rings (SSSR count). The molecular formula is C24H29ClN4O4. The lowest BCUT2D eigenvalue weighted by Gasteiger charge is -2.34. The van der Waals surface area contributed by atoms with E-state index >= 15 is 0 Å². The zero-order valence-electron chi connectivity index (χ0n) is 18.9. The molecule has 2 amide bonds. The number of carbonyl (C=O) groups is 2. The number of halogens is 1. The highest BCUT2D eigenvalue weighted by Crippen LogP contribution is 2.27. The third-order valence-corrected chi connectivity index (χ3v) is 5.44. The summed E-state index contributed by atoms with van der Waals surface area (Å²) < 4.78 is 5.46. The largest absolute Gasteiger partial charge is 0.380 e. The maximum Gasteiger partial charge on any atom is 0.259 e. The number of rotatable bonds is 5. The minimum atomic E-state index is -1.70. The molecule has 1 aliphatic rings. The van der Waals surface area contributed by atoms with Crippen molar-refractivity contribution in [2.75, 3.05) is 23.4 Å². The van der Waals surface area contributed by atoms with Crippen LogP contribution in [0.2, 0.25) is 0 Å². The van der Waals surface area contributed by atoms with E-state index in [2.05, 4.69) is 26.1 Å². The number of aliphatic hydroxyl groups excluding tert-OH is 1. The molecule has 0 aromatic heterocycles. The molecule has 0 spiro atoms. The van der Waals surface area contributed by atoms with Gasteiger partial charge in [-0.2, -0.15) is 5.26 Å². The first-order valence-electron chi connectivity index (χ1n) is 10.4. The molecule has 2 aromatic rings. The average Bonchev–Trinajstić information content (AvgIpc) is 2.78. The van der Waals surface area contributed by atoms with Crippen LogP contribution in [-0.2, 0) is 26.3 Å². The number of benzene rings is 2. The Labute approximate surface area is 199 Å². The number of ether oxygens (including phenoxy) is 1. The number of morpholine rings is 1. The van der Waals surface area contributed by atoms with Crippen molar-refractivity contribution in [3.63, 3.8) is 0 Å². The van der Waals surface area contributed by atoms with E-state index in [0.717, 1.165) is 5.56 Å². The Balaban J connectivity index is 0.00000385. The number of carbonyl (C=O) groups excluding carboxylic acids is 2. The summed E-state index contributed by atoms with van der Waals surface area (Å²) in [7, 11) is 0. The number of anilines is 2. The van der Waals surface area contributed by atoms with Gasteiger partial charge in [0.05, 0.1) is 18.2 Å². The summed E-state index contributed by atoms with van der Waals surface area (Å²) in [4.78, 5) is 27.1. The second-order valence-corrected chi connectivity index (χ2v) is 8.70. The fraction of sp³-hybridized carbons (Fsp3) is 0.375. The first kappa shape index (κ1) is 26.3. The highest BCUT2D eigenvalue weighted by Gasteiger charge is 2.39. The van der Waals surface area contributed by atoms with E-state index in [0.29, 0.717) is 29.0 Å². The van der Waals surface area contributed by atoms with E-state index in [1.165, 1.54) is 17.0 Å². The average molecular weight is 473 g/mol. The Morgan fingerprint density at radius 1 is 1.30 bits per heavy atom. The zero-order chi connectivity index (χ0) is 23.5. The second kappa shape index (κ2) is 10.8. The van der Waals surface area contributed by atoms with Crippen LogP contribution in [0.15, 0.2) is 42.5 Å². The minimum Gasteiger partial charge on any atom is -0.380 e. The highest BCUT2D eigenvalue weighted by atomic mass is 35.5. The number of aliphatic hydroxyl groups is 1. The third-order valence-electron chi connectivity index (χ3n) is 5.44. The predicted octanol–water partition coefficient (Wildman–Crippen LogP) is 2.47. The summed E-state index contributed by atoms with van der Waals surface area (Å²) in [6.45, 7) is 6.97. The summed E-state index contributed by atoms with van der Waals surface area (Å²) >= 11 is 0. The first-order chi connectivity index (χ1) is 15.2. The quantitative estimate of drug-likeness (QED) is 0.613. The maximum absolute atomic E-state index is 13.0. The van der Waals surface area contributed by atoms with Gasteiger partial charge in [-0.15, -0.1) is 12.4 Å². The van der Waals surface area contributed by atoms with Crippen molar-refractivity contribution in [3.05, 3.63) is 59.2 Å². The summed E-state index contributed by atoms with van der Waals surface area (Å²) in [5.41, 5.74) is 8.79. The van der Waals surface area contributed by atoms with Crippen molar-refractivity contribution in [2.45, 2.75) is 44.9 Å². The summed E-state index contributed by atoms with van der Waals surface area (Å²) in [5, 5.41) is 22.2. The van der Waals surface area contributed by atoms with Crippen LogP contribution in [0.1, 0.15) is 37.5 Å². The van der Waals surface area contributed by atoms with E-state index in [9.17, 15) is 14.7 Å². The minimum absolute atomic E-state index is 0. The topological polar surface area (TPSA) is 129 Å². The van der Waals surface area contributed by atoms with Crippen molar-refractivity contribution in [1.82, 2.24) is 0 Å². The van der Waals surface area contributed by atoms with Gasteiger partial charge in [0.15, 0.2) is 12.2 Å². The van der Waals surface area contributed by atoms with Gasteiger partial charge in [-0.3, -0.25) is 9.59 Å². The lowest BCUT2D eigenvalue weighted by molar-refractivity contribution is -0.150. The fourth-order valence-electron chi connectivity index (χ4n) is 3.53. The molecule has 176 valence electrons. The van der Waals surface area contributed by atoms with Gasteiger partial charge in [0.2, 0.25) is 0 Å². The lowest BCUT2D eigenvalue weighted by atomic mass is 9.87. The summed E-state index contributed by atoms with van der Waals surface area (Å²) in [6.07, 6.45) is -3.02. The molecule has 1 heterocycles. The number of nitrogens with zero attached hydrogens (tertiary/aromatic N) is 2. The van der Waals surface area contributed by atoms with Crippen molar-refractivity contribution < 1.29 is 19.4 Å². The van der Waals surface area contributed by atoms with E-state index in [-0.39, 0.29) is 31.0 Å². The van der Waals surface area contributed by atoms with Gasteiger partial charge in [0, 0.05) is 24.5 Å². The molecule has 8 nitrogen and oxygen atoms in total. The smallest absolute Gasteiger partial charge is 0.259 e. The first-order valence-corrected chi connectivity index (χ1v) is 10.4. The van der Waals surface area contributed by atoms with E-state index < -0.39 is 24.0 Å². The van der Waals surface area contributed by atoms with Gasteiger partial charge in [-0.1, -0.05) is 32.9 Å². The molecule has 0 saturated carbocycles. The van der Waals surface area contributed by atoms with Gasteiger partial charge >= 0.3 is 0 Å². The van der Waals surface area contributed by atoms with Crippen molar-refractivity contribution in [1.29, 1.82) is 5.26 Å². The van der Waals surface area contributed by atoms with E-state index in [1.807, 2.05) is 30.3 Å². The number of nitrogens with two attached hydrogens (primary N) is 1. The standard InChI is InChI=1S/C24H28N4O4.ClH/c1-24(2,3)17-5-8-19(9-6-17)28-10-11-32-21(23(28)31)20(29)22(30)27-18-7-4-15(13-25)16(12-18)14-26;/h4-9,12,20-21,29H,10-11,14,26H2,1-3H3,(H,27,30);1H/t20?,21-;/m1./s1. The number of nitriles is 1. The number of hydrogen-bond donors (Lipinski definition) is 3. The Bertz CT molecular complexity index is 1040. The number of nitrogens with one attached hydrogen (secondary N) is 1. The molecule has 1 saturated heterocycles. The number of amides is 2. The van der Waals surface area contributed by atoms with Crippen molar-refractivity contribution in [2.24, 2.45) is 5.73 Å². The molecule has 0 bridgehead atoms. The molecule has 4 N–H and O–H groups in total. The Morgan fingerprint density at radius 2 is 1.97 bits per heavy atom. The predicted molar refractivity (Wildman–Crippen MR) is 128 cm³/mol. The number of hydrogen-bond acceptors (Lipinski definition) is 6. The normalized spacial score (nSPS) is 17.0. The van der Waals surface area contributed by atoms with Crippen LogP contribution in [-0.4, -0.2) is 42.3 Å². The van der Waals surface area contributed by atoms with E-state index in [1.54, 1.807) is 6.07 Å². The van der Waals surface area contributed by atoms with Gasteiger partial charge in [-0.25, -0.2) is 0 Å². The van der Waals surface area contributed by atoms with Crippen LogP contribution >= 0.6 is 12.4 Å². The molecule has 1 fully saturated rings. The van der Waals surface area contributed by atoms with Crippen LogP contribution in [0.5, 0.6) is 0 Å². The third kappa shape index (κ3) is 5.89. The van der Waals surface area contributed by atoms with Crippen LogP contribution in [0.3, 0.4) is 0 Å². The zero-order valence-corrected chi connectivity index (χ0v) is 19.7. The molecule has 0 aliphatic carbocycles. The monoisotopic (exact) mass is 472 g/mol. The van der Waals surface area contributed by atoms with Gasteiger partial charge in [0.25, 0.3) is 11.8 Å². The molecule has 2 atom stereocenters. The van der Waals surface area contributed by atoms with Crippen molar-refractivity contribution >= 4 is 35.6 Å². The molecule has 1 unspecified atom stereocenters. The summed E-state index contributed by atoms with van der Waals surface area (Å²) in [6, 6.07) is 14.3.